The van der Waals surface area contributed by atoms with Crippen LogP contribution < -0.4 is 10.1 Å². The average Bonchev–Trinajstić information content (AvgIpc) is 2.45. The molecular formula is C16H12BrClF3NO2. The Morgan fingerprint density at radius 3 is 2.42 bits per heavy atom. The molecule has 0 fully saturated rings. The zero-order valence-corrected chi connectivity index (χ0v) is 14.9. The molecule has 0 aliphatic rings. The van der Waals surface area contributed by atoms with Crippen LogP contribution in [0.15, 0.2) is 34.8 Å². The van der Waals surface area contributed by atoms with Crippen molar-refractivity contribution in [3.8, 4) is 5.75 Å². The Labute approximate surface area is 149 Å². The fraction of sp³-hybridized carbons (Fsp3) is 0.188. The minimum absolute atomic E-state index is 0.0850. The lowest BCUT2D eigenvalue weighted by molar-refractivity contribution is -0.136. The van der Waals surface area contributed by atoms with Crippen molar-refractivity contribution in [2.45, 2.75) is 20.0 Å². The van der Waals surface area contributed by atoms with Crippen LogP contribution in [-0.4, -0.2) is 6.09 Å². The first-order chi connectivity index (χ1) is 11.1. The van der Waals surface area contributed by atoms with Crippen LogP contribution in [0.3, 0.4) is 0 Å². The summed E-state index contributed by atoms with van der Waals surface area (Å²) in [5.74, 6) is 0.207. The molecule has 0 saturated carbocycles. The first-order valence-electron chi connectivity index (χ1n) is 6.70. The highest BCUT2D eigenvalue weighted by Gasteiger charge is 2.34. The van der Waals surface area contributed by atoms with Crippen molar-refractivity contribution >= 4 is 39.3 Å². The molecule has 0 heterocycles. The fourth-order valence-electron chi connectivity index (χ4n) is 1.93. The standard InChI is InChI=1S/C16H12BrClF3NO2/c1-8-5-12(17)14(6-9(8)2)24-15(23)22-13-4-3-10(18)7-11(13)16(19,20)21/h3-7H,1-2H3,(H,22,23). The van der Waals surface area contributed by atoms with Gasteiger partial charge in [0.2, 0.25) is 0 Å². The summed E-state index contributed by atoms with van der Waals surface area (Å²) in [6.07, 6.45) is -5.69. The number of halogens is 5. The predicted molar refractivity (Wildman–Crippen MR) is 89.7 cm³/mol. The molecule has 2 aromatic carbocycles. The number of carbonyl (C=O) groups is 1. The molecule has 1 amide bonds. The third-order valence-corrected chi connectivity index (χ3v) is 4.13. The second-order valence-electron chi connectivity index (χ2n) is 5.07. The van der Waals surface area contributed by atoms with Gasteiger partial charge in [-0.1, -0.05) is 11.6 Å². The van der Waals surface area contributed by atoms with Gasteiger partial charge in [-0.05, 0) is 71.2 Å². The zero-order chi connectivity index (χ0) is 18.1. The van der Waals surface area contributed by atoms with Crippen molar-refractivity contribution in [1.82, 2.24) is 0 Å². The van der Waals surface area contributed by atoms with Gasteiger partial charge in [-0.25, -0.2) is 4.79 Å². The van der Waals surface area contributed by atoms with Crippen LogP contribution in [0.2, 0.25) is 5.02 Å². The third-order valence-electron chi connectivity index (χ3n) is 3.27. The van der Waals surface area contributed by atoms with Gasteiger partial charge < -0.3 is 4.74 Å². The molecule has 8 heteroatoms. The van der Waals surface area contributed by atoms with Crippen molar-refractivity contribution < 1.29 is 22.7 Å². The normalized spacial score (nSPS) is 11.3. The maximum atomic E-state index is 13.0. The molecule has 2 rings (SSSR count). The molecule has 128 valence electrons. The molecule has 0 aliphatic carbocycles. The molecule has 0 spiro atoms. The van der Waals surface area contributed by atoms with E-state index >= 15 is 0 Å². The Morgan fingerprint density at radius 1 is 1.17 bits per heavy atom. The summed E-state index contributed by atoms with van der Waals surface area (Å²) in [6.45, 7) is 3.71. The SMILES string of the molecule is Cc1cc(Br)c(OC(=O)Nc2ccc(Cl)cc2C(F)(F)F)cc1C. The summed E-state index contributed by atoms with van der Waals surface area (Å²) in [5.41, 5.74) is 0.373. The molecule has 3 nitrogen and oxygen atoms in total. The molecule has 0 saturated heterocycles. The van der Waals surface area contributed by atoms with Crippen molar-refractivity contribution in [2.75, 3.05) is 5.32 Å². The Balaban J connectivity index is 2.24. The summed E-state index contributed by atoms with van der Waals surface area (Å²) in [7, 11) is 0. The van der Waals surface area contributed by atoms with Crippen LogP contribution >= 0.6 is 27.5 Å². The number of amides is 1. The average molecular weight is 423 g/mol. The Bertz CT molecular complexity index is 794. The van der Waals surface area contributed by atoms with Crippen molar-refractivity contribution in [3.63, 3.8) is 0 Å². The lowest BCUT2D eigenvalue weighted by Gasteiger charge is -2.15. The second kappa shape index (κ2) is 7.03. The quantitative estimate of drug-likeness (QED) is 0.612. The smallest absolute Gasteiger partial charge is 0.409 e. The molecule has 2 aromatic rings. The predicted octanol–water partition coefficient (Wildman–Crippen LogP) is 6.35. The monoisotopic (exact) mass is 421 g/mol. The minimum Gasteiger partial charge on any atom is -0.409 e. The Kier molecular flexibility index (Phi) is 5.45. The number of aryl methyl sites for hydroxylation is 2. The lowest BCUT2D eigenvalue weighted by atomic mass is 10.1. The van der Waals surface area contributed by atoms with Crippen molar-refractivity contribution in [2.24, 2.45) is 0 Å². The van der Waals surface area contributed by atoms with E-state index in [0.717, 1.165) is 23.3 Å². The molecule has 0 aliphatic heterocycles. The van der Waals surface area contributed by atoms with E-state index in [2.05, 4.69) is 21.2 Å². The fourth-order valence-corrected chi connectivity index (χ4v) is 2.64. The highest BCUT2D eigenvalue weighted by atomic mass is 79.9. The summed E-state index contributed by atoms with van der Waals surface area (Å²) in [5, 5.41) is 2.01. The largest absolute Gasteiger partial charge is 0.418 e. The van der Waals surface area contributed by atoms with Crippen molar-refractivity contribution in [3.05, 3.63) is 56.5 Å². The molecule has 24 heavy (non-hydrogen) atoms. The number of rotatable bonds is 2. The third kappa shape index (κ3) is 4.42. The van der Waals surface area contributed by atoms with Crippen LogP contribution in [0.25, 0.3) is 0 Å². The first kappa shape index (κ1) is 18.6. The van der Waals surface area contributed by atoms with E-state index in [0.29, 0.717) is 4.47 Å². The van der Waals surface area contributed by atoms with Crippen LogP contribution in [-0.2, 0) is 6.18 Å². The van der Waals surface area contributed by atoms with Crippen LogP contribution in [0, 0.1) is 13.8 Å². The van der Waals surface area contributed by atoms with Gasteiger partial charge in [-0.2, -0.15) is 13.2 Å². The summed E-state index contributed by atoms with van der Waals surface area (Å²) in [4.78, 5) is 11.9. The van der Waals surface area contributed by atoms with E-state index in [4.69, 9.17) is 16.3 Å². The van der Waals surface area contributed by atoms with Gasteiger partial charge in [0, 0.05) is 5.02 Å². The number of benzene rings is 2. The van der Waals surface area contributed by atoms with E-state index in [1.54, 1.807) is 12.1 Å². The van der Waals surface area contributed by atoms with Gasteiger partial charge in [-0.15, -0.1) is 0 Å². The summed E-state index contributed by atoms with van der Waals surface area (Å²) < 4.78 is 44.6. The minimum atomic E-state index is -4.66. The number of anilines is 1. The number of hydrogen-bond acceptors (Lipinski definition) is 2. The number of carbonyl (C=O) groups excluding carboxylic acids is 1. The summed E-state index contributed by atoms with van der Waals surface area (Å²) in [6, 6.07) is 6.43. The molecule has 1 N–H and O–H groups in total. The topological polar surface area (TPSA) is 38.3 Å². The van der Waals surface area contributed by atoms with Crippen molar-refractivity contribution in [1.29, 1.82) is 0 Å². The Morgan fingerprint density at radius 2 is 1.79 bits per heavy atom. The van der Waals surface area contributed by atoms with E-state index in [1.165, 1.54) is 6.07 Å². The molecular weight excluding hydrogens is 411 g/mol. The van der Waals surface area contributed by atoms with E-state index in [1.807, 2.05) is 13.8 Å². The van der Waals surface area contributed by atoms with Gasteiger partial charge in [-0.3, -0.25) is 5.32 Å². The highest BCUT2D eigenvalue weighted by Crippen LogP contribution is 2.36. The number of alkyl halides is 3. The number of hydrogen-bond donors (Lipinski definition) is 1. The van der Waals surface area contributed by atoms with Gasteiger partial charge in [0.1, 0.15) is 5.75 Å². The number of nitrogens with one attached hydrogen (secondary N) is 1. The Hall–Kier alpha value is -1.73. The molecule has 0 bridgehead atoms. The molecule has 0 radical (unpaired) electrons. The van der Waals surface area contributed by atoms with Gasteiger partial charge >= 0.3 is 12.3 Å². The van der Waals surface area contributed by atoms with E-state index in [9.17, 15) is 18.0 Å². The van der Waals surface area contributed by atoms with Gasteiger partial charge in [0.05, 0.1) is 15.7 Å². The van der Waals surface area contributed by atoms with Crippen LogP contribution in [0.4, 0.5) is 23.7 Å². The zero-order valence-electron chi connectivity index (χ0n) is 12.6. The highest BCUT2D eigenvalue weighted by molar-refractivity contribution is 9.10. The first-order valence-corrected chi connectivity index (χ1v) is 7.87. The van der Waals surface area contributed by atoms with Gasteiger partial charge in [0.15, 0.2) is 0 Å². The maximum absolute atomic E-state index is 13.0. The van der Waals surface area contributed by atoms with Gasteiger partial charge in [0.25, 0.3) is 0 Å². The lowest BCUT2D eigenvalue weighted by Crippen LogP contribution is -2.20. The van der Waals surface area contributed by atoms with E-state index in [-0.39, 0.29) is 10.8 Å². The number of ether oxygens (including phenoxy) is 1. The molecule has 0 unspecified atom stereocenters. The second-order valence-corrected chi connectivity index (χ2v) is 6.36. The van der Waals surface area contributed by atoms with Crippen LogP contribution in [0.1, 0.15) is 16.7 Å². The van der Waals surface area contributed by atoms with E-state index < -0.39 is 23.5 Å². The molecule has 0 atom stereocenters. The summed E-state index contributed by atoms with van der Waals surface area (Å²) >= 11 is 8.84. The van der Waals surface area contributed by atoms with Crippen LogP contribution in [0.5, 0.6) is 5.75 Å². The molecule has 0 aromatic heterocycles. The maximum Gasteiger partial charge on any atom is 0.418 e.